The highest BCUT2D eigenvalue weighted by Gasteiger charge is 2.28. The summed E-state index contributed by atoms with van der Waals surface area (Å²) in [5.74, 6) is 2.04. The van der Waals surface area contributed by atoms with E-state index in [-0.39, 0.29) is 12.0 Å². The van der Waals surface area contributed by atoms with Crippen molar-refractivity contribution in [3.63, 3.8) is 0 Å². The lowest BCUT2D eigenvalue weighted by atomic mass is 9.85. The molecule has 3 aromatic rings. The fourth-order valence-electron chi connectivity index (χ4n) is 4.71. The van der Waals surface area contributed by atoms with E-state index >= 15 is 0 Å². The second kappa shape index (κ2) is 7.59. The quantitative estimate of drug-likeness (QED) is 0.691. The number of rotatable bonds is 3. The highest BCUT2D eigenvalue weighted by Crippen LogP contribution is 2.33. The molecule has 2 saturated heterocycles. The van der Waals surface area contributed by atoms with Crippen LogP contribution in [0.2, 0.25) is 0 Å². The Balaban J connectivity index is 1.58. The van der Waals surface area contributed by atoms with Crippen LogP contribution in [0.1, 0.15) is 35.7 Å². The number of halogens is 1. The smallest absolute Gasteiger partial charge is 0.159 e. The summed E-state index contributed by atoms with van der Waals surface area (Å²) in [7, 11) is 0. The first-order valence-electron chi connectivity index (χ1n) is 10.6. The van der Waals surface area contributed by atoms with E-state index in [1.54, 1.807) is 0 Å². The van der Waals surface area contributed by atoms with Gasteiger partial charge in [0.25, 0.3) is 0 Å². The van der Waals surface area contributed by atoms with Crippen LogP contribution in [0.5, 0.6) is 0 Å². The van der Waals surface area contributed by atoms with Crippen LogP contribution in [0.3, 0.4) is 0 Å². The Kier molecular flexibility index (Phi) is 4.91. The van der Waals surface area contributed by atoms with Crippen molar-refractivity contribution in [3.8, 4) is 5.82 Å². The van der Waals surface area contributed by atoms with Gasteiger partial charge in [-0.2, -0.15) is 5.10 Å². The lowest BCUT2D eigenvalue weighted by Crippen LogP contribution is -2.36. The number of hydrogen-bond acceptors (Lipinski definition) is 6. The summed E-state index contributed by atoms with van der Waals surface area (Å²) in [5.41, 5.74) is 3.07. The van der Waals surface area contributed by atoms with Crippen molar-refractivity contribution >= 4 is 16.7 Å². The van der Waals surface area contributed by atoms with Gasteiger partial charge in [0.15, 0.2) is 5.82 Å². The van der Waals surface area contributed by atoms with Crippen LogP contribution in [0.15, 0.2) is 24.4 Å². The zero-order valence-corrected chi connectivity index (χ0v) is 17.3. The number of aliphatic hydroxyl groups is 1. The molecule has 3 atom stereocenters. The number of hydrogen-bond donors (Lipinski definition) is 2. The Morgan fingerprint density at radius 2 is 1.97 bits per heavy atom. The van der Waals surface area contributed by atoms with Crippen LogP contribution < -0.4 is 10.2 Å². The second-order valence-corrected chi connectivity index (χ2v) is 8.46. The fraction of sp³-hybridized carbons (Fsp3) is 0.500. The van der Waals surface area contributed by atoms with Gasteiger partial charge in [-0.05, 0) is 56.5 Å². The molecule has 0 unspecified atom stereocenters. The normalized spacial score (nSPS) is 24.7. The minimum Gasteiger partial charge on any atom is -0.391 e. The molecule has 1 aromatic carbocycles. The predicted molar refractivity (Wildman–Crippen MR) is 114 cm³/mol. The van der Waals surface area contributed by atoms with Crippen molar-refractivity contribution in [2.75, 3.05) is 31.1 Å². The molecule has 0 spiro atoms. The van der Waals surface area contributed by atoms with Gasteiger partial charge >= 0.3 is 0 Å². The number of aryl methyl sites for hydroxylation is 2. The molecular weight excluding hydrogens is 383 g/mol. The predicted octanol–water partition coefficient (Wildman–Crippen LogP) is 2.42. The molecule has 158 valence electrons. The first-order chi connectivity index (χ1) is 14.5. The molecule has 4 heterocycles. The molecule has 2 aliphatic heterocycles. The molecule has 30 heavy (non-hydrogen) atoms. The van der Waals surface area contributed by atoms with E-state index in [1.165, 1.54) is 0 Å². The molecule has 2 aromatic heterocycles. The molecule has 0 saturated carbocycles. The van der Waals surface area contributed by atoms with Gasteiger partial charge in [-0.1, -0.05) is 0 Å². The SMILES string of the molecule is Cc1nc(N2CC[C@H](O)C2)cc(-n2ncc3cc(C)c([C@@H]4CCNC[C@@H]4F)cc32)n1. The summed E-state index contributed by atoms with van der Waals surface area (Å²) in [4.78, 5) is 11.3. The molecule has 0 amide bonds. The van der Waals surface area contributed by atoms with Crippen LogP contribution in [0.4, 0.5) is 10.2 Å². The number of aliphatic hydroxyl groups excluding tert-OH is 1. The van der Waals surface area contributed by atoms with Gasteiger partial charge in [0.1, 0.15) is 17.8 Å². The number of nitrogens with zero attached hydrogens (tertiary/aromatic N) is 5. The molecule has 0 radical (unpaired) electrons. The van der Waals surface area contributed by atoms with Crippen LogP contribution in [0.25, 0.3) is 16.7 Å². The van der Waals surface area contributed by atoms with Crippen LogP contribution in [-0.2, 0) is 0 Å². The minimum absolute atomic E-state index is 0.104. The zero-order chi connectivity index (χ0) is 20.8. The Labute approximate surface area is 174 Å². The average Bonchev–Trinajstić information content (AvgIpc) is 3.33. The summed E-state index contributed by atoms with van der Waals surface area (Å²) in [6.07, 6.45) is 2.15. The van der Waals surface area contributed by atoms with Gasteiger partial charge in [0.05, 0.1) is 17.8 Å². The van der Waals surface area contributed by atoms with E-state index in [2.05, 4.69) is 37.4 Å². The molecule has 0 bridgehead atoms. The summed E-state index contributed by atoms with van der Waals surface area (Å²) < 4.78 is 16.5. The van der Waals surface area contributed by atoms with E-state index in [1.807, 2.05) is 30.8 Å². The van der Waals surface area contributed by atoms with Crippen molar-refractivity contribution in [1.82, 2.24) is 25.1 Å². The number of fused-ring (bicyclic) bond motifs is 1. The monoisotopic (exact) mass is 410 g/mol. The maximum absolute atomic E-state index is 14.6. The van der Waals surface area contributed by atoms with Gasteiger partial charge in [0.2, 0.25) is 0 Å². The number of nitrogens with one attached hydrogen (secondary N) is 1. The van der Waals surface area contributed by atoms with Gasteiger partial charge in [0, 0.05) is 37.0 Å². The summed E-state index contributed by atoms with van der Waals surface area (Å²) >= 11 is 0. The van der Waals surface area contributed by atoms with Gasteiger partial charge in [-0.25, -0.2) is 19.0 Å². The van der Waals surface area contributed by atoms with E-state index in [9.17, 15) is 9.50 Å². The Bertz CT molecular complexity index is 1080. The highest BCUT2D eigenvalue weighted by molar-refractivity contribution is 5.82. The van der Waals surface area contributed by atoms with E-state index in [0.29, 0.717) is 24.7 Å². The highest BCUT2D eigenvalue weighted by atomic mass is 19.1. The maximum Gasteiger partial charge on any atom is 0.159 e. The lowest BCUT2D eigenvalue weighted by molar-refractivity contribution is 0.198. The Morgan fingerprint density at radius 1 is 1.13 bits per heavy atom. The van der Waals surface area contributed by atoms with Gasteiger partial charge < -0.3 is 15.3 Å². The second-order valence-electron chi connectivity index (χ2n) is 8.46. The molecule has 2 aliphatic rings. The average molecular weight is 410 g/mol. The Morgan fingerprint density at radius 3 is 2.73 bits per heavy atom. The number of β-amino-alcohol motifs (C(OH)–C–C–N with tert-alkyl or cyclic N) is 1. The standard InChI is InChI=1S/C22H27FN6O/c1-13-7-15-10-25-29(20(15)8-18(13)17-3-5-24-11-19(17)23)22-9-21(26-14(2)27-22)28-6-4-16(30)12-28/h7-10,16-17,19,24,30H,3-6,11-12H2,1-2H3/t16-,17-,19-/m0/s1. The maximum atomic E-state index is 14.6. The van der Waals surface area contributed by atoms with Gasteiger partial charge in [-0.15, -0.1) is 0 Å². The third-order valence-electron chi connectivity index (χ3n) is 6.28. The van der Waals surface area contributed by atoms with E-state index < -0.39 is 6.17 Å². The number of aromatic nitrogens is 4. The van der Waals surface area contributed by atoms with Gasteiger partial charge in [-0.3, -0.25) is 0 Å². The number of alkyl halides is 1. The number of piperidine rings is 1. The zero-order valence-electron chi connectivity index (χ0n) is 17.3. The number of benzene rings is 1. The third kappa shape index (κ3) is 3.44. The first-order valence-corrected chi connectivity index (χ1v) is 10.6. The summed E-state index contributed by atoms with van der Waals surface area (Å²) in [6, 6.07) is 6.09. The largest absolute Gasteiger partial charge is 0.391 e. The first kappa shape index (κ1) is 19.4. The molecule has 7 nitrogen and oxygen atoms in total. The molecule has 8 heteroatoms. The van der Waals surface area contributed by atoms with Crippen molar-refractivity contribution in [2.45, 2.75) is 44.9 Å². The molecule has 2 N–H and O–H groups in total. The number of anilines is 1. The third-order valence-corrected chi connectivity index (χ3v) is 6.28. The lowest BCUT2D eigenvalue weighted by Gasteiger charge is -2.28. The molecular formula is C22H27FN6O. The van der Waals surface area contributed by atoms with Crippen molar-refractivity contribution in [3.05, 3.63) is 41.3 Å². The fourth-order valence-corrected chi connectivity index (χ4v) is 4.71. The van der Waals surface area contributed by atoms with Crippen LogP contribution in [0, 0.1) is 13.8 Å². The summed E-state index contributed by atoms with van der Waals surface area (Å²) in [5, 5.41) is 18.6. The van der Waals surface area contributed by atoms with Crippen LogP contribution >= 0.6 is 0 Å². The molecule has 5 rings (SSSR count). The van der Waals surface area contributed by atoms with E-state index in [0.717, 1.165) is 53.8 Å². The van der Waals surface area contributed by atoms with E-state index in [4.69, 9.17) is 0 Å². The van der Waals surface area contributed by atoms with Crippen molar-refractivity contribution in [1.29, 1.82) is 0 Å². The van der Waals surface area contributed by atoms with Crippen molar-refractivity contribution in [2.24, 2.45) is 0 Å². The summed E-state index contributed by atoms with van der Waals surface area (Å²) in [6.45, 7) is 6.49. The molecule has 2 fully saturated rings. The van der Waals surface area contributed by atoms with Crippen LogP contribution in [-0.4, -0.2) is 63.3 Å². The topological polar surface area (TPSA) is 79.1 Å². The minimum atomic E-state index is -0.888. The Hall–Kier alpha value is -2.58. The molecule has 0 aliphatic carbocycles. The van der Waals surface area contributed by atoms with Crippen molar-refractivity contribution < 1.29 is 9.50 Å².